The van der Waals surface area contributed by atoms with Crippen molar-refractivity contribution in [2.45, 2.75) is 44.1 Å². The monoisotopic (exact) mass is 248 g/mol. The van der Waals surface area contributed by atoms with Crippen molar-refractivity contribution in [1.29, 1.82) is 0 Å². The van der Waals surface area contributed by atoms with Gasteiger partial charge in [0.05, 0.1) is 12.0 Å². The number of hydrogen-bond donors (Lipinski definition) is 1. The predicted molar refractivity (Wildman–Crippen MR) is 69.6 cm³/mol. The van der Waals surface area contributed by atoms with Gasteiger partial charge in [-0.25, -0.2) is 0 Å². The lowest BCUT2D eigenvalue weighted by atomic mass is 9.69. The van der Waals surface area contributed by atoms with Crippen molar-refractivity contribution in [3.63, 3.8) is 0 Å². The van der Waals surface area contributed by atoms with E-state index >= 15 is 0 Å². The van der Waals surface area contributed by atoms with Crippen LogP contribution in [0.4, 0.5) is 0 Å². The summed E-state index contributed by atoms with van der Waals surface area (Å²) in [5.41, 5.74) is 1.36. The molecule has 0 saturated heterocycles. The first kappa shape index (κ1) is 13.1. The van der Waals surface area contributed by atoms with Gasteiger partial charge in [-0.2, -0.15) is 0 Å². The number of benzene rings is 1. The molecule has 0 atom stereocenters. The zero-order valence-corrected chi connectivity index (χ0v) is 10.8. The molecule has 0 spiro atoms. The Bertz CT molecular complexity index is 402. The number of aliphatic carboxylic acids is 1. The molecule has 1 aromatic rings. The third kappa shape index (κ3) is 2.41. The number of ether oxygens (including phenoxy) is 1. The Morgan fingerprint density at radius 3 is 2.33 bits per heavy atom. The first-order valence-corrected chi connectivity index (χ1v) is 6.51. The van der Waals surface area contributed by atoms with Gasteiger partial charge in [0, 0.05) is 7.11 Å². The van der Waals surface area contributed by atoms with Gasteiger partial charge in [0.1, 0.15) is 0 Å². The fourth-order valence-corrected chi connectivity index (χ4v) is 2.87. The van der Waals surface area contributed by atoms with E-state index in [9.17, 15) is 9.90 Å². The molecular formula is C15H20O3. The zero-order chi connectivity index (χ0) is 13.0. The van der Waals surface area contributed by atoms with Gasteiger partial charge in [-0.1, -0.05) is 43.5 Å². The van der Waals surface area contributed by atoms with Crippen LogP contribution in [0.25, 0.3) is 0 Å². The molecule has 1 fully saturated rings. The van der Waals surface area contributed by atoms with Gasteiger partial charge in [-0.05, 0) is 24.0 Å². The number of carbonyl (C=O) groups is 1. The fraction of sp³-hybridized carbons (Fsp3) is 0.533. The van der Waals surface area contributed by atoms with Gasteiger partial charge >= 0.3 is 5.97 Å². The summed E-state index contributed by atoms with van der Waals surface area (Å²) < 4.78 is 5.07. The summed E-state index contributed by atoms with van der Waals surface area (Å²) in [6, 6.07) is 7.85. The van der Waals surface area contributed by atoms with E-state index in [0.717, 1.165) is 43.2 Å². The summed E-state index contributed by atoms with van der Waals surface area (Å²) in [6.45, 7) is 0.570. The molecule has 18 heavy (non-hydrogen) atoms. The van der Waals surface area contributed by atoms with Crippen LogP contribution in [-0.2, 0) is 21.6 Å². The zero-order valence-electron chi connectivity index (χ0n) is 10.8. The van der Waals surface area contributed by atoms with Gasteiger partial charge < -0.3 is 9.84 Å². The van der Waals surface area contributed by atoms with Crippen molar-refractivity contribution in [2.75, 3.05) is 7.11 Å². The lowest BCUT2D eigenvalue weighted by molar-refractivity contribution is -0.145. The normalized spacial score (nSPS) is 18.5. The van der Waals surface area contributed by atoms with E-state index < -0.39 is 11.4 Å². The van der Waals surface area contributed by atoms with E-state index in [2.05, 4.69) is 0 Å². The highest BCUT2D eigenvalue weighted by atomic mass is 16.5. The lowest BCUT2D eigenvalue weighted by Gasteiger charge is -2.33. The first-order valence-electron chi connectivity index (χ1n) is 6.51. The second-order valence-electron chi connectivity index (χ2n) is 5.08. The highest BCUT2D eigenvalue weighted by Crippen LogP contribution is 2.39. The number of carboxylic acids is 1. The van der Waals surface area contributed by atoms with Gasteiger partial charge in [-0.15, -0.1) is 0 Å². The maximum Gasteiger partial charge on any atom is 0.314 e. The number of rotatable bonds is 4. The second-order valence-corrected chi connectivity index (χ2v) is 5.08. The van der Waals surface area contributed by atoms with Gasteiger partial charge in [-0.3, -0.25) is 4.79 Å². The minimum absolute atomic E-state index is 0.570. The first-order chi connectivity index (χ1) is 8.69. The molecule has 3 heteroatoms. The summed E-state index contributed by atoms with van der Waals surface area (Å²) in [4.78, 5) is 11.7. The van der Waals surface area contributed by atoms with E-state index in [1.807, 2.05) is 24.3 Å². The number of hydrogen-bond acceptors (Lipinski definition) is 2. The Morgan fingerprint density at radius 2 is 1.83 bits per heavy atom. The van der Waals surface area contributed by atoms with Gasteiger partial charge in [0.2, 0.25) is 0 Å². The molecule has 0 radical (unpaired) electrons. The van der Waals surface area contributed by atoms with E-state index in [4.69, 9.17) is 4.74 Å². The third-order valence-electron chi connectivity index (χ3n) is 3.93. The Kier molecular flexibility index (Phi) is 4.02. The molecule has 1 aliphatic rings. The van der Waals surface area contributed by atoms with Crippen LogP contribution in [0.1, 0.15) is 43.2 Å². The summed E-state index contributed by atoms with van der Waals surface area (Å²) in [5, 5.41) is 9.59. The number of carboxylic acid groups (broad SMARTS) is 1. The molecule has 0 bridgehead atoms. The van der Waals surface area contributed by atoms with Crippen molar-refractivity contribution in [2.24, 2.45) is 0 Å². The van der Waals surface area contributed by atoms with Gasteiger partial charge in [0.15, 0.2) is 0 Å². The molecule has 0 amide bonds. The fourth-order valence-electron chi connectivity index (χ4n) is 2.87. The molecule has 1 N–H and O–H groups in total. The molecule has 98 valence electrons. The lowest BCUT2D eigenvalue weighted by Crippen LogP contribution is -2.37. The molecule has 3 nitrogen and oxygen atoms in total. The number of methoxy groups -OCH3 is 1. The molecule has 1 aliphatic carbocycles. The van der Waals surface area contributed by atoms with Crippen LogP contribution in [0.5, 0.6) is 0 Å². The van der Waals surface area contributed by atoms with Crippen LogP contribution in [0.15, 0.2) is 24.3 Å². The molecule has 0 aromatic heterocycles. The standard InChI is InChI=1S/C15H20O3/c1-18-11-12-5-7-13(8-6-12)15(14(16)17)9-3-2-4-10-15/h5-8H,2-4,9-11H2,1H3,(H,16,17). The summed E-state index contributed by atoms with van der Waals surface area (Å²) in [7, 11) is 1.66. The van der Waals surface area contributed by atoms with Crippen LogP contribution in [0.2, 0.25) is 0 Å². The smallest absolute Gasteiger partial charge is 0.314 e. The second kappa shape index (κ2) is 5.53. The van der Waals surface area contributed by atoms with Crippen molar-refractivity contribution in [1.82, 2.24) is 0 Å². The van der Waals surface area contributed by atoms with Crippen LogP contribution in [0, 0.1) is 0 Å². The van der Waals surface area contributed by atoms with Crippen LogP contribution in [-0.4, -0.2) is 18.2 Å². The average molecular weight is 248 g/mol. The molecular weight excluding hydrogens is 228 g/mol. The summed E-state index contributed by atoms with van der Waals surface area (Å²) in [6.07, 6.45) is 4.67. The van der Waals surface area contributed by atoms with E-state index in [1.165, 1.54) is 0 Å². The Morgan fingerprint density at radius 1 is 1.22 bits per heavy atom. The average Bonchev–Trinajstić information content (AvgIpc) is 2.40. The highest BCUT2D eigenvalue weighted by molar-refractivity contribution is 5.81. The maximum absolute atomic E-state index is 11.7. The largest absolute Gasteiger partial charge is 0.481 e. The SMILES string of the molecule is COCc1ccc(C2(C(=O)O)CCCCC2)cc1. The Labute approximate surface area is 108 Å². The van der Waals surface area contributed by atoms with E-state index in [-0.39, 0.29) is 0 Å². The third-order valence-corrected chi connectivity index (χ3v) is 3.93. The van der Waals surface area contributed by atoms with Crippen LogP contribution in [0.3, 0.4) is 0 Å². The van der Waals surface area contributed by atoms with E-state index in [1.54, 1.807) is 7.11 Å². The Hall–Kier alpha value is -1.35. The molecule has 2 rings (SSSR count). The van der Waals surface area contributed by atoms with Crippen molar-refractivity contribution < 1.29 is 14.6 Å². The van der Waals surface area contributed by atoms with Crippen LogP contribution < -0.4 is 0 Å². The van der Waals surface area contributed by atoms with Crippen molar-refractivity contribution >= 4 is 5.97 Å². The summed E-state index contributed by atoms with van der Waals surface area (Å²) >= 11 is 0. The molecule has 0 heterocycles. The maximum atomic E-state index is 11.7. The van der Waals surface area contributed by atoms with Crippen LogP contribution >= 0.6 is 0 Å². The van der Waals surface area contributed by atoms with Crippen molar-refractivity contribution in [3.05, 3.63) is 35.4 Å². The topological polar surface area (TPSA) is 46.5 Å². The van der Waals surface area contributed by atoms with Gasteiger partial charge in [0.25, 0.3) is 0 Å². The minimum atomic E-state index is -0.679. The molecule has 0 unspecified atom stereocenters. The highest BCUT2D eigenvalue weighted by Gasteiger charge is 2.41. The molecule has 1 aromatic carbocycles. The Balaban J connectivity index is 2.28. The minimum Gasteiger partial charge on any atom is -0.481 e. The molecule has 1 saturated carbocycles. The van der Waals surface area contributed by atoms with E-state index in [0.29, 0.717) is 6.61 Å². The van der Waals surface area contributed by atoms with Crippen molar-refractivity contribution in [3.8, 4) is 0 Å². The predicted octanol–water partition coefficient (Wildman–Crippen LogP) is 3.12. The molecule has 0 aliphatic heterocycles. The quantitative estimate of drug-likeness (QED) is 0.890. The summed E-state index contributed by atoms with van der Waals surface area (Å²) in [5.74, 6) is -0.679.